The van der Waals surface area contributed by atoms with Gasteiger partial charge in [0.25, 0.3) is 0 Å². The Hall–Kier alpha value is -1.27. The fourth-order valence-electron chi connectivity index (χ4n) is 8.15. The molecule has 0 spiro atoms. The summed E-state index contributed by atoms with van der Waals surface area (Å²) in [5, 5.41) is 0. The van der Waals surface area contributed by atoms with Crippen LogP contribution in [0, 0.1) is 0 Å². The molecule has 1 aromatic rings. The fourth-order valence-corrected chi connectivity index (χ4v) is 19.3. The normalized spacial score (nSPS) is 22.3. The molecule has 42 heavy (non-hydrogen) atoms. The number of hydrogen-bond donors (Lipinski definition) is 1. The number of ether oxygens (including phenoxy) is 2. The predicted octanol–water partition coefficient (Wildman–Crippen LogP) is 8.96. The van der Waals surface area contributed by atoms with Crippen molar-refractivity contribution in [2.24, 2.45) is 0 Å². The van der Waals surface area contributed by atoms with E-state index in [1.165, 1.54) is 0 Å². The van der Waals surface area contributed by atoms with E-state index in [2.05, 4.69) is 88.1 Å². The van der Waals surface area contributed by atoms with Gasteiger partial charge in [-0.2, -0.15) is 0 Å². The molecule has 0 amide bonds. The Balaban J connectivity index is 2.75. The van der Waals surface area contributed by atoms with Crippen LogP contribution in [0.4, 0.5) is 5.69 Å². The lowest BCUT2D eigenvalue weighted by molar-refractivity contribution is -0.168. The number of aromatic nitrogens is 1. The van der Waals surface area contributed by atoms with Gasteiger partial charge in [-0.3, -0.25) is 9.78 Å². The van der Waals surface area contributed by atoms with Crippen molar-refractivity contribution >= 4 is 28.3 Å². The third-order valence-corrected chi connectivity index (χ3v) is 22.0. The largest absolute Gasteiger partial charge is 0.466 e. The van der Waals surface area contributed by atoms with E-state index in [1.807, 2.05) is 13.0 Å². The van der Waals surface area contributed by atoms with Crippen LogP contribution in [-0.4, -0.2) is 52.5 Å². The first-order chi connectivity index (χ1) is 19.6. The number of carbonyl (C=O) groups excluding carboxylic acids is 1. The summed E-state index contributed by atoms with van der Waals surface area (Å²) in [6.07, 6.45) is 3.77. The third kappa shape index (κ3) is 7.87. The third-order valence-electron chi connectivity index (χ3n) is 9.80. The van der Waals surface area contributed by atoms with Crippen molar-refractivity contribution in [1.82, 2.24) is 4.98 Å². The Morgan fingerprint density at radius 2 is 1.40 bits per heavy atom. The molecule has 1 saturated heterocycles. The zero-order valence-corrected chi connectivity index (χ0v) is 30.9. The summed E-state index contributed by atoms with van der Waals surface area (Å²) in [6, 6.07) is 1.95. The van der Waals surface area contributed by atoms with Crippen LogP contribution in [0.25, 0.3) is 0 Å². The maximum absolute atomic E-state index is 12.6. The van der Waals surface area contributed by atoms with Gasteiger partial charge in [-0.25, -0.2) is 0 Å². The summed E-state index contributed by atoms with van der Waals surface area (Å²) in [5.41, 5.74) is 10.5. The Bertz CT molecular complexity index is 941. The van der Waals surface area contributed by atoms with Gasteiger partial charge in [-0.15, -0.1) is 0 Å². The highest BCUT2D eigenvalue weighted by atomic mass is 28.4. The van der Waals surface area contributed by atoms with Crippen LogP contribution >= 0.6 is 0 Å². The van der Waals surface area contributed by atoms with Gasteiger partial charge in [-0.05, 0) is 52.7 Å². The lowest BCUT2D eigenvalue weighted by Crippen LogP contribution is -2.61. The second kappa shape index (κ2) is 15.6. The van der Waals surface area contributed by atoms with Gasteiger partial charge in [0.15, 0.2) is 0 Å². The van der Waals surface area contributed by atoms with E-state index in [0.717, 1.165) is 5.56 Å². The minimum Gasteiger partial charge on any atom is -0.466 e. The molecule has 4 atom stereocenters. The summed E-state index contributed by atoms with van der Waals surface area (Å²) >= 11 is 0. The number of nitrogens with two attached hydrogens (primary N) is 1. The molecule has 1 aliphatic heterocycles. The quantitative estimate of drug-likeness (QED) is 0.154. The molecule has 0 aliphatic carbocycles. The van der Waals surface area contributed by atoms with Crippen molar-refractivity contribution in [3.05, 3.63) is 24.0 Å². The average Bonchev–Trinajstić information content (AvgIpc) is 2.88. The standard InChI is InChI=1S/C33H62N2O5Si2/c1-14-37-32(36)16-15-29-33(40-42(24(8)9,25(10)11)26(12)13)31(39-41(21(2)3,22(4)5)23(6)7)19-30(38-29)27-17-18-35-20-28(27)34/h17-18,20-26,29-31,33H,14-16,19,34H2,1-13H3. The number of rotatable bonds is 15. The summed E-state index contributed by atoms with van der Waals surface area (Å²) in [5.74, 6) is -0.210. The average molecular weight is 623 g/mol. The Labute approximate surface area is 259 Å². The second-order valence-electron chi connectivity index (χ2n) is 14.1. The van der Waals surface area contributed by atoms with Crippen LogP contribution in [0.2, 0.25) is 33.2 Å². The summed E-state index contributed by atoms with van der Waals surface area (Å²) in [6.45, 7) is 30.1. The first kappa shape index (κ1) is 36.9. The monoisotopic (exact) mass is 622 g/mol. The highest BCUT2D eigenvalue weighted by Crippen LogP contribution is 2.50. The van der Waals surface area contributed by atoms with Gasteiger partial charge in [0, 0.05) is 24.6 Å². The van der Waals surface area contributed by atoms with Gasteiger partial charge >= 0.3 is 5.97 Å². The number of nitrogen functional groups attached to an aromatic ring is 1. The van der Waals surface area contributed by atoms with Crippen molar-refractivity contribution in [3.8, 4) is 0 Å². The molecule has 1 fully saturated rings. The van der Waals surface area contributed by atoms with Crippen molar-refractivity contribution in [1.29, 1.82) is 0 Å². The molecule has 1 aliphatic rings. The highest BCUT2D eigenvalue weighted by molar-refractivity contribution is 6.78. The molecule has 0 radical (unpaired) electrons. The van der Waals surface area contributed by atoms with Crippen LogP contribution in [0.15, 0.2) is 18.5 Å². The van der Waals surface area contributed by atoms with Crippen molar-refractivity contribution in [3.63, 3.8) is 0 Å². The molecule has 0 saturated carbocycles. The topological polar surface area (TPSA) is 92.9 Å². The van der Waals surface area contributed by atoms with Crippen LogP contribution in [-0.2, 0) is 23.1 Å². The van der Waals surface area contributed by atoms with Crippen LogP contribution in [0.5, 0.6) is 0 Å². The molecule has 9 heteroatoms. The second-order valence-corrected chi connectivity index (χ2v) is 24.9. The smallest absolute Gasteiger partial charge is 0.305 e. The van der Waals surface area contributed by atoms with E-state index in [-0.39, 0.29) is 36.8 Å². The lowest BCUT2D eigenvalue weighted by Gasteiger charge is -2.53. The van der Waals surface area contributed by atoms with Crippen LogP contribution in [0.3, 0.4) is 0 Å². The molecule has 0 bridgehead atoms. The minimum atomic E-state index is -2.33. The van der Waals surface area contributed by atoms with E-state index in [4.69, 9.17) is 24.1 Å². The Kier molecular flexibility index (Phi) is 13.8. The van der Waals surface area contributed by atoms with Crippen molar-refractivity contribution in [2.75, 3.05) is 12.3 Å². The molecule has 1 aromatic heterocycles. The molecule has 4 unspecified atom stereocenters. The number of hydrogen-bond acceptors (Lipinski definition) is 7. The molecular weight excluding hydrogens is 561 g/mol. The number of anilines is 1. The summed E-state index contributed by atoms with van der Waals surface area (Å²) in [7, 11) is -4.63. The molecule has 242 valence electrons. The predicted molar refractivity (Wildman–Crippen MR) is 179 cm³/mol. The molecular formula is C33H62N2O5Si2. The van der Waals surface area contributed by atoms with Gasteiger partial charge < -0.3 is 24.1 Å². The SMILES string of the molecule is CCOC(=O)CCC1OC(c2ccncc2N)CC(O[Si](C(C)C)(C(C)C)C(C)C)C1O[Si](C(C)C)(C(C)C)C(C)C. The molecule has 0 aromatic carbocycles. The van der Waals surface area contributed by atoms with Gasteiger partial charge in [0.2, 0.25) is 16.6 Å². The molecule has 2 heterocycles. The maximum atomic E-state index is 12.6. The fraction of sp³-hybridized carbons (Fsp3) is 0.818. The van der Waals surface area contributed by atoms with Crippen LogP contribution in [0.1, 0.15) is 121 Å². The van der Waals surface area contributed by atoms with E-state index >= 15 is 0 Å². The zero-order valence-electron chi connectivity index (χ0n) is 28.9. The first-order valence-corrected chi connectivity index (χ1v) is 20.7. The summed E-state index contributed by atoms with van der Waals surface area (Å²) in [4.78, 5) is 16.8. The Morgan fingerprint density at radius 3 is 1.86 bits per heavy atom. The van der Waals surface area contributed by atoms with Crippen molar-refractivity contribution in [2.45, 2.75) is 167 Å². The zero-order chi connectivity index (χ0) is 32.0. The number of nitrogens with zero attached hydrogens (tertiary/aromatic N) is 1. The van der Waals surface area contributed by atoms with Gasteiger partial charge in [0.1, 0.15) is 0 Å². The molecule has 2 N–H and O–H groups in total. The Morgan fingerprint density at radius 1 is 0.905 bits per heavy atom. The van der Waals surface area contributed by atoms with E-state index < -0.39 is 16.6 Å². The van der Waals surface area contributed by atoms with E-state index in [1.54, 1.807) is 12.4 Å². The number of pyridine rings is 1. The number of carbonyl (C=O) groups is 1. The number of esters is 1. The maximum Gasteiger partial charge on any atom is 0.305 e. The van der Waals surface area contributed by atoms with Gasteiger partial charge in [-0.1, -0.05) is 83.1 Å². The minimum absolute atomic E-state index is 0.189. The van der Waals surface area contributed by atoms with E-state index in [0.29, 0.717) is 58.4 Å². The lowest BCUT2D eigenvalue weighted by atomic mass is 9.92. The molecule has 2 rings (SSSR count). The summed E-state index contributed by atoms with van der Waals surface area (Å²) < 4.78 is 27.5. The van der Waals surface area contributed by atoms with Gasteiger partial charge in [0.05, 0.1) is 42.9 Å². The van der Waals surface area contributed by atoms with Crippen LogP contribution < -0.4 is 5.73 Å². The molecule has 7 nitrogen and oxygen atoms in total. The first-order valence-electron chi connectivity index (χ1n) is 16.4. The van der Waals surface area contributed by atoms with Crippen molar-refractivity contribution < 1.29 is 23.1 Å². The van der Waals surface area contributed by atoms with E-state index in [9.17, 15) is 4.79 Å². The highest BCUT2D eigenvalue weighted by Gasteiger charge is 2.54.